The molecule has 0 aliphatic rings. The van der Waals surface area contributed by atoms with E-state index in [1.165, 1.54) is 11.1 Å². The molecule has 0 fully saturated rings. The number of benzene rings is 1. The van der Waals surface area contributed by atoms with E-state index in [4.69, 9.17) is 0 Å². The lowest BCUT2D eigenvalue weighted by molar-refractivity contribution is 0.112. The van der Waals surface area contributed by atoms with Crippen LogP contribution in [0.5, 0.6) is 0 Å². The summed E-state index contributed by atoms with van der Waals surface area (Å²) in [7, 11) is 0. The number of rotatable bonds is 3. The van der Waals surface area contributed by atoms with Crippen LogP contribution in [0.1, 0.15) is 32.9 Å². The number of aldehydes is 1. The molecule has 0 atom stereocenters. The summed E-state index contributed by atoms with van der Waals surface area (Å²) >= 11 is 0. The molecule has 17 heavy (non-hydrogen) atoms. The number of carbonyl (C=O) groups excluding carboxylic acids is 1. The second-order valence-corrected chi connectivity index (χ2v) is 4.35. The third-order valence-corrected chi connectivity index (χ3v) is 2.97. The van der Waals surface area contributed by atoms with Gasteiger partial charge < -0.3 is 0 Å². The number of carbonyl (C=O) groups is 1. The lowest BCUT2D eigenvalue weighted by atomic mass is 10.1. The van der Waals surface area contributed by atoms with E-state index in [2.05, 4.69) is 30.2 Å². The van der Waals surface area contributed by atoms with E-state index in [0.717, 1.165) is 17.7 Å². The van der Waals surface area contributed by atoms with Crippen LogP contribution in [0, 0.1) is 20.8 Å². The van der Waals surface area contributed by atoms with Crippen LogP contribution in [0.4, 0.5) is 0 Å². The van der Waals surface area contributed by atoms with Gasteiger partial charge in [-0.15, -0.1) is 0 Å². The van der Waals surface area contributed by atoms with E-state index in [9.17, 15) is 4.79 Å². The Labute approximate surface area is 101 Å². The Bertz CT molecular complexity index is 555. The van der Waals surface area contributed by atoms with Crippen molar-refractivity contribution < 1.29 is 4.79 Å². The van der Waals surface area contributed by atoms with Crippen LogP contribution >= 0.6 is 0 Å². The average Bonchev–Trinajstić information content (AvgIpc) is 2.54. The molecule has 2 aromatic rings. The molecule has 0 N–H and O–H groups in total. The van der Waals surface area contributed by atoms with Crippen molar-refractivity contribution in [3.8, 4) is 0 Å². The zero-order valence-electron chi connectivity index (χ0n) is 10.4. The van der Waals surface area contributed by atoms with Crippen LogP contribution in [-0.2, 0) is 6.54 Å². The smallest absolute Gasteiger partial charge is 0.153 e. The average molecular weight is 228 g/mol. The topological polar surface area (TPSA) is 34.9 Å². The van der Waals surface area contributed by atoms with Crippen LogP contribution < -0.4 is 0 Å². The van der Waals surface area contributed by atoms with Gasteiger partial charge in [-0.25, -0.2) is 0 Å². The normalized spacial score (nSPS) is 10.5. The SMILES string of the molecule is Cc1cccc(Cn2nc(C)c(C=O)c2C)c1. The van der Waals surface area contributed by atoms with Crippen LogP contribution in [0.25, 0.3) is 0 Å². The molecule has 1 heterocycles. The fourth-order valence-electron chi connectivity index (χ4n) is 2.02. The summed E-state index contributed by atoms with van der Waals surface area (Å²) in [6, 6.07) is 8.32. The predicted molar refractivity (Wildman–Crippen MR) is 67.4 cm³/mol. The van der Waals surface area contributed by atoms with E-state index < -0.39 is 0 Å². The van der Waals surface area contributed by atoms with Crippen LogP contribution in [0.15, 0.2) is 24.3 Å². The fraction of sp³-hybridized carbons (Fsp3) is 0.286. The van der Waals surface area contributed by atoms with Crippen molar-refractivity contribution in [2.75, 3.05) is 0 Å². The third-order valence-electron chi connectivity index (χ3n) is 2.97. The molecular weight excluding hydrogens is 212 g/mol. The summed E-state index contributed by atoms with van der Waals surface area (Å²) < 4.78 is 1.88. The molecule has 0 aliphatic carbocycles. The van der Waals surface area contributed by atoms with Crippen molar-refractivity contribution in [3.63, 3.8) is 0 Å². The van der Waals surface area contributed by atoms with Crippen molar-refractivity contribution >= 4 is 6.29 Å². The monoisotopic (exact) mass is 228 g/mol. The molecule has 0 amide bonds. The van der Waals surface area contributed by atoms with Gasteiger partial charge in [-0.2, -0.15) is 5.10 Å². The van der Waals surface area contributed by atoms with Crippen molar-refractivity contribution in [1.82, 2.24) is 9.78 Å². The standard InChI is InChI=1S/C14H16N2O/c1-10-5-4-6-13(7-10)8-16-12(3)14(9-17)11(2)15-16/h4-7,9H,8H2,1-3H3. The van der Waals surface area contributed by atoms with Crippen molar-refractivity contribution in [2.45, 2.75) is 27.3 Å². The Morgan fingerprint density at radius 1 is 1.29 bits per heavy atom. The molecule has 3 heteroatoms. The summed E-state index contributed by atoms with van der Waals surface area (Å²) in [6.45, 7) is 6.58. The second-order valence-electron chi connectivity index (χ2n) is 4.35. The number of nitrogens with zero attached hydrogens (tertiary/aromatic N) is 2. The Balaban J connectivity index is 2.33. The third kappa shape index (κ3) is 2.28. The Morgan fingerprint density at radius 3 is 2.65 bits per heavy atom. The highest BCUT2D eigenvalue weighted by Gasteiger charge is 2.10. The minimum absolute atomic E-state index is 0.706. The van der Waals surface area contributed by atoms with E-state index >= 15 is 0 Å². The summed E-state index contributed by atoms with van der Waals surface area (Å²) in [6.07, 6.45) is 0.879. The molecule has 0 spiro atoms. The van der Waals surface area contributed by atoms with E-state index in [0.29, 0.717) is 12.1 Å². The quantitative estimate of drug-likeness (QED) is 0.757. The lowest BCUT2D eigenvalue weighted by Gasteiger charge is -2.05. The zero-order valence-corrected chi connectivity index (χ0v) is 10.4. The van der Waals surface area contributed by atoms with Crippen LogP contribution in [0.2, 0.25) is 0 Å². The van der Waals surface area contributed by atoms with Crippen LogP contribution in [-0.4, -0.2) is 16.1 Å². The maximum Gasteiger partial charge on any atom is 0.153 e. The van der Waals surface area contributed by atoms with E-state index in [1.54, 1.807) is 0 Å². The number of aromatic nitrogens is 2. The molecule has 0 radical (unpaired) electrons. The largest absolute Gasteiger partial charge is 0.298 e. The molecule has 1 aromatic carbocycles. The van der Waals surface area contributed by atoms with E-state index in [1.807, 2.05) is 24.6 Å². The van der Waals surface area contributed by atoms with Gasteiger partial charge in [0.2, 0.25) is 0 Å². The maximum atomic E-state index is 10.9. The van der Waals surface area contributed by atoms with E-state index in [-0.39, 0.29) is 0 Å². The van der Waals surface area contributed by atoms with Crippen molar-refractivity contribution in [3.05, 3.63) is 52.3 Å². The lowest BCUT2D eigenvalue weighted by Crippen LogP contribution is -2.04. The molecular formula is C14H16N2O. The fourth-order valence-corrected chi connectivity index (χ4v) is 2.02. The molecule has 0 saturated carbocycles. The van der Waals surface area contributed by atoms with Crippen molar-refractivity contribution in [1.29, 1.82) is 0 Å². The number of hydrogen-bond acceptors (Lipinski definition) is 2. The summed E-state index contributed by atoms with van der Waals surface area (Å²) in [5, 5.41) is 4.39. The molecule has 0 unspecified atom stereocenters. The number of hydrogen-bond donors (Lipinski definition) is 0. The Morgan fingerprint density at radius 2 is 2.06 bits per heavy atom. The van der Waals surface area contributed by atoms with Gasteiger partial charge in [0, 0.05) is 5.69 Å². The van der Waals surface area contributed by atoms with Crippen LogP contribution in [0.3, 0.4) is 0 Å². The summed E-state index contributed by atoms with van der Waals surface area (Å²) in [4.78, 5) is 10.9. The molecule has 0 bridgehead atoms. The first-order valence-corrected chi connectivity index (χ1v) is 5.66. The minimum atomic E-state index is 0.706. The maximum absolute atomic E-state index is 10.9. The van der Waals surface area contributed by atoms with Gasteiger partial charge in [0.15, 0.2) is 6.29 Å². The first kappa shape index (κ1) is 11.6. The first-order chi connectivity index (χ1) is 8.11. The molecule has 2 rings (SSSR count). The molecule has 1 aromatic heterocycles. The Hall–Kier alpha value is -1.90. The van der Waals surface area contributed by atoms with Gasteiger partial charge in [0.05, 0.1) is 17.8 Å². The molecule has 0 saturated heterocycles. The highest BCUT2D eigenvalue weighted by molar-refractivity contribution is 5.78. The first-order valence-electron chi connectivity index (χ1n) is 5.66. The summed E-state index contributed by atoms with van der Waals surface area (Å²) in [5.74, 6) is 0. The predicted octanol–water partition coefficient (Wildman–Crippen LogP) is 2.67. The molecule has 0 aliphatic heterocycles. The zero-order chi connectivity index (χ0) is 12.4. The highest BCUT2D eigenvalue weighted by Crippen LogP contribution is 2.13. The number of aryl methyl sites for hydroxylation is 2. The van der Waals surface area contributed by atoms with Gasteiger partial charge >= 0.3 is 0 Å². The van der Waals surface area contributed by atoms with Crippen molar-refractivity contribution in [2.24, 2.45) is 0 Å². The second kappa shape index (κ2) is 4.53. The Kier molecular flexibility index (Phi) is 3.09. The van der Waals surface area contributed by atoms with Gasteiger partial charge in [0.1, 0.15) is 0 Å². The van der Waals surface area contributed by atoms with Gasteiger partial charge in [0.25, 0.3) is 0 Å². The molecule has 3 nitrogen and oxygen atoms in total. The van der Waals surface area contributed by atoms with Gasteiger partial charge in [-0.1, -0.05) is 29.8 Å². The highest BCUT2D eigenvalue weighted by atomic mass is 16.1. The van der Waals surface area contributed by atoms with Gasteiger partial charge in [-0.3, -0.25) is 9.48 Å². The minimum Gasteiger partial charge on any atom is -0.298 e. The summed E-state index contributed by atoms with van der Waals surface area (Å²) in [5.41, 5.74) is 4.87. The molecule has 88 valence electrons. The van der Waals surface area contributed by atoms with Gasteiger partial charge in [-0.05, 0) is 26.3 Å².